The van der Waals surface area contributed by atoms with Crippen molar-refractivity contribution in [2.24, 2.45) is 11.7 Å². The summed E-state index contributed by atoms with van der Waals surface area (Å²) >= 11 is 1.70. The fourth-order valence-electron chi connectivity index (χ4n) is 2.93. The summed E-state index contributed by atoms with van der Waals surface area (Å²) in [5.74, 6) is 0.533. The van der Waals surface area contributed by atoms with E-state index in [2.05, 4.69) is 29.5 Å². The summed E-state index contributed by atoms with van der Waals surface area (Å²) in [6.07, 6.45) is 4.88. The molecule has 0 saturated heterocycles. The normalized spacial score (nSPS) is 23.8. The first-order chi connectivity index (χ1) is 9.90. The third-order valence-corrected chi connectivity index (χ3v) is 5.51. The summed E-state index contributed by atoms with van der Waals surface area (Å²) in [5.41, 5.74) is 6.99. The van der Waals surface area contributed by atoms with Crippen molar-refractivity contribution in [3.8, 4) is 0 Å². The standard InChI is InChI=1S/C16H27N3OS.2ClH/c1-11(2)15-19-12(10-21-15)7-9-18-14(20)13-6-4-5-8-16(13,3)17;;/h10-11,13H,4-9,17H2,1-3H3,(H,18,20);2*1H. The van der Waals surface area contributed by atoms with Crippen molar-refractivity contribution in [1.29, 1.82) is 0 Å². The Morgan fingerprint density at radius 1 is 1.48 bits per heavy atom. The fourth-order valence-corrected chi connectivity index (χ4v) is 3.80. The van der Waals surface area contributed by atoms with Gasteiger partial charge in [-0.1, -0.05) is 26.7 Å². The number of hydrogen-bond donors (Lipinski definition) is 2. The lowest BCUT2D eigenvalue weighted by atomic mass is 9.74. The summed E-state index contributed by atoms with van der Waals surface area (Å²) in [5, 5.41) is 6.30. The maximum Gasteiger partial charge on any atom is 0.224 e. The average Bonchev–Trinajstić information content (AvgIpc) is 2.87. The van der Waals surface area contributed by atoms with Gasteiger partial charge in [-0.05, 0) is 19.8 Å². The Morgan fingerprint density at radius 3 is 2.74 bits per heavy atom. The Labute approximate surface area is 155 Å². The summed E-state index contributed by atoms with van der Waals surface area (Å²) in [6.45, 7) is 6.95. The molecule has 1 amide bonds. The molecule has 0 spiro atoms. The van der Waals surface area contributed by atoms with Crippen LogP contribution in [0.25, 0.3) is 0 Å². The van der Waals surface area contributed by atoms with Gasteiger partial charge in [-0.3, -0.25) is 4.79 Å². The molecule has 2 rings (SSSR count). The smallest absolute Gasteiger partial charge is 0.224 e. The molecular weight excluding hydrogens is 353 g/mol. The van der Waals surface area contributed by atoms with Crippen LogP contribution in [0.5, 0.6) is 0 Å². The van der Waals surface area contributed by atoms with Crippen molar-refractivity contribution in [3.63, 3.8) is 0 Å². The average molecular weight is 382 g/mol. The summed E-state index contributed by atoms with van der Waals surface area (Å²) in [6, 6.07) is 0. The lowest BCUT2D eigenvalue weighted by Gasteiger charge is -2.37. The molecule has 1 aliphatic rings. The maximum absolute atomic E-state index is 12.3. The van der Waals surface area contributed by atoms with Gasteiger partial charge in [0.25, 0.3) is 0 Å². The molecule has 2 unspecified atom stereocenters. The van der Waals surface area contributed by atoms with Crippen molar-refractivity contribution < 1.29 is 4.79 Å². The molecule has 1 aromatic heterocycles. The van der Waals surface area contributed by atoms with Gasteiger partial charge in [-0.2, -0.15) is 0 Å². The van der Waals surface area contributed by atoms with E-state index in [4.69, 9.17) is 5.73 Å². The second-order valence-corrected chi connectivity index (χ2v) is 7.57. The van der Waals surface area contributed by atoms with Crippen LogP contribution in [0.1, 0.15) is 63.1 Å². The molecule has 4 nitrogen and oxygen atoms in total. The molecule has 2 atom stereocenters. The highest BCUT2D eigenvalue weighted by Crippen LogP contribution is 2.31. The van der Waals surface area contributed by atoms with E-state index in [0.29, 0.717) is 12.5 Å². The lowest BCUT2D eigenvalue weighted by Crippen LogP contribution is -2.53. The first-order valence-electron chi connectivity index (χ1n) is 7.91. The molecule has 1 saturated carbocycles. The van der Waals surface area contributed by atoms with Gasteiger partial charge in [0.1, 0.15) is 0 Å². The zero-order chi connectivity index (χ0) is 15.5. The number of nitrogens with zero attached hydrogens (tertiary/aromatic N) is 1. The van der Waals surface area contributed by atoms with Gasteiger partial charge in [0, 0.05) is 29.8 Å². The number of nitrogens with two attached hydrogens (primary N) is 1. The summed E-state index contributed by atoms with van der Waals surface area (Å²) in [4.78, 5) is 16.9. The van der Waals surface area contributed by atoms with E-state index in [0.717, 1.165) is 42.8 Å². The third-order valence-electron chi connectivity index (χ3n) is 4.31. The van der Waals surface area contributed by atoms with Gasteiger partial charge in [0.2, 0.25) is 5.91 Å². The number of aromatic nitrogens is 1. The van der Waals surface area contributed by atoms with E-state index in [-0.39, 0.29) is 42.2 Å². The third kappa shape index (κ3) is 6.22. The van der Waals surface area contributed by atoms with Crippen LogP contribution < -0.4 is 11.1 Å². The van der Waals surface area contributed by atoms with Gasteiger partial charge < -0.3 is 11.1 Å². The predicted molar refractivity (Wildman–Crippen MR) is 102 cm³/mol. The molecule has 1 fully saturated rings. The van der Waals surface area contributed by atoms with Crippen LogP contribution in [0.15, 0.2) is 5.38 Å². The Morgan fingerprint density at radius 2 is 2.17 bits per heavy atom. The van der Waals surface area contributed by atoms with Gasteiger partial charge >= 0.3 is 0 Å². The van der Waals surface area contributed by atoms with Crippen molar-refractivity contribution >= 4 is 42.1 Å². The second kappa shape index (κ2) is 9.82. The van der Waals surface area contributed by atoms with Crippen LogP contribution in [0, 0.1) is 5.92 Å². The van der Waals surface area contributed by atoms with Crippen molar-refractivity contribution in [1.82, 2.24) is 10.3 Å². The number of nitrogens with one attached hydrogen (secondary N) is 1. The van der Waals surface area contributed by atoms with E-state index in [1.807, 2.05) is 6.92 Å². The van der Waals surface area contributed by atoms with E-state index in [1.165, 1.54) is 0 Å². The van der Waals surface area contributed by atoms with Crippen molar-refractivity contribution in [2.75, 3.05) is 6.54 Å². The Balaban J connectivity index is 0.00000242. The Hall–Kier alpha value is -0.360. The first kappa shape index (κ1) is 22.6. The molecule has 0 radical (unpaired) electrons. The van der Waals surface area contributed by atoms with Crippen LogP contribution in [-0.2, 0) is 11.2 Å². The molecule has 134 valence electrons. The molecule has 23 heavy (non-hydrogen) atoms. The summed E-state index contributed by atoms with van der Waals surface area (Å²) < 4.78 is 0. The second-order valence-electron chi connectivity index (χ2n) is 6.68. The molecular formula is C16H29Cl2N3OS. The molecule has 0 aliphatic heterocycles. The number of carbonyl (C=O) groups excluding carboxylic acids is 1. The largest absolute Gasteiger partial charge is 0.355 e. The molecule has 1 heterocycles. The van der Waals surface area contributed by atoms with Gasteiger partial charge in [-0.25, -0.2) is 4.98 Å². The van der Waals surface area contributed by atoms with E-state index < -0.39 is 0 Å². The minimum atomic E-state index is -0.353. The molecule has 1 aromatic rings. The molecule has 1 aliphatic carbocycles. The number of hydrogen-bond acceptors (Lipinski definition) is 4. The van der Waals surface area contributed by atoms with Gasteiger partial charge in [0.05, 0.1) is 16.6 Å². The molecule has 7 heteroatoms. The highest BCUT2D eigenvalue weighted by atomic mass is 35.5. The first-order valence-corrected chi connectivity index (χ1v) is 8.79. The Bertz CT molecular complexity index is 491. The number of carbonyl (C=O) groups is 1. The minimum absolute atomic E-state index is 0. The lowest BCUT2D eigenvalue weighted by molar-refractivity contribution is -0.128. The minimum Gasteiger partial charge on any atom is -0.355 e. The van der Waals surface area contributed by atoms with Crippen LogP contribution >= 0.6 is 36.2 Å². The SMILES string of the molecule is CC(C)c1nc(CCNC(=O)C2CCCCC2(C)N)cs1.Cl.Cl. The number of rotatable bonds is 5. The topological polar surface area (TPSA) is 68.0 Å². The highest BCUT2D eigenvalue weighted by Gasteiger charge is 2.37. The molecule has 3 N–H and O–H groups in total. The van der Waals surface area contributed by atoms with Crippen LogP contribution in [0.2, 0.25) is 0 Å². The number of halogens is 2. The van der Waals surface area contributed by atoms with Crippen molar-refractivity contribution in [3.05, 3.63) is 16.1 Å². The van der Waals surface area contributed by atoms with Crippen LogP contribution in [-0.4, -0.2) is 23.0 Å². The number of amides is 1. The van der Waals surface area contributed by atoms with Crippen molar-refractivity contribution in [2.45, 2.75) is 64.3 Å². The molecule has 0 aromatic carbocycles. The zero-order valence-corrected chi connectivity index (χ0v) is 16.6. The Kier molecular flexibility index (Phi) is 9.67. The van der Waals surface area contributed by atoms with E-state index in [1.54, 1.807) is 11.3 Å². The highest BCUT2D eigenvalue weighted by molar-refractivity contribution is 7.09. The monoisotopic (exact) mass is 381 g/mol. The zero-order valence-electron chi connectivity index (χ0n) is 14.1. The quantitative estimate of drug-likeness (QED) is 0.816. The summed E-state index contributed by atoms with van der Waals surface area (Å²) in [7, 11) is 0. The fraction of sp³-hybridized carbons (Fsp3) is 0.750. The van der Waals surface area contributed by atoms with Gasteiger partial charge in [0.15, 0.2) is 0 Å². The van der Waals surface area contributed by atoms with E-state index >= 15 is 0 Å². The van der Waals surface area contributed by atoms with Crippen LogP contribution in [0.4, 0.5) is 0 Å². The molecule has 0 bridgehead atoms. The van der Waals surface area contributed by atoms with E-state index in [9.17, 15) is 4.79 Å². The van der Waals surface area contributed by atoms with Crippen LogP contribution in [0.3, 0.4) is 0 Å². The van der Waals surface area contributed by atoms with Gasteiger partial charge in [-0.15, -0.1) is 36.2 Å². The number of thiazole rings is 1. The predicted octanol–water partition coefficient (Wildman–Crippen LogP) is 3.68. The maximum atomic E-state index is 12.3.